The van der Waals surface area contributed by atoms with Crippen molar-refractivity contribution in [1.29, 1.82) is 0 Å². The van der Waals surface area contributed by atoms with Gasteiger partial charge in [0.05, 0.1) is 23.2 Å². The van der Waals surface area contributed by atoms with Crippen LogP contribution in [0.1, 0.15) is 6.42 Å². The molecule has 3 heterocycles. The number of nitrogens with one attached hydrogen (secondary N) is 2. The molecular formula is C23H24BrN3O4S. The van der Waals surface area contributed by atoms with Gasteiger partial charge in [0.25, 0.3) is 0 Å². The number of carbonyl (C=O) groups is 3. The average molecular weight is 518 g/mol. The summed E-state index contributed by atoms with van der Waals surface area (Å²) in [6, 6.07) is 12.8. The SMILES string of the molecule is CNC(=O)[C@H]1[C@@H]2SC3(CC2Br)C(C(=O)Nc2ccc4ccccc4c2)N(CCO)C(=O)[C@H]13. The molecule has 2 bridgehead atoms. The number of rotatable bonds is 5. The molecule has 6 atom stereocenters. The van der Waals surface area contributed by atoms with Crippen LogP contribution in [0, 0.1) is 11.8 Å². The molecule has 0 aliphatic carbocycles. The summed E-state index contributed by atoms with van der Waals surface area (Å²) in [5.41, 5.74) is 0.653. The number of hydrogen-bond donors (Lipinski definition) is 3. The molecule has 0 aromatic heterocycles. The second-order valence-electron chi connectivity index (χ2n) is 8.58. The van der Waals surface area contributed by atoms with Crippen molar-refractivity contribution in [1.82, 2.24) is 10.2 Å². The molecule has 3 fully saturated rings. The Morgan fingerprint density at radius 1 is 1.22 bits per heavy atom. The first-order valence-electron chi connectivity index (χ1n) is 10.7. The number of halogens is 1. The second kappa shape index (κ2) is 8.04. The van der Waals surface area contributed by atoms with E-state index in [1.54, 1.807) is 18.8 Å². The van der Waals surface area contributed by atoms with E-state index in [0.29, 0.717) is 12.1 Å². The molecule has 32 heavy (non-hydrogen) atoms. The van der Waals surface area contributed by atoms with Crippen molar-refractivity contribution in [3.63, 3.8) is 0 Å². The van der Waals surface area contributed by atoms with Crippen molar-refractivity contribution in [2.24, 2.45) is 11.8 Å². The number of aliphatic hydroxyl groups excluding tert-OH is 1. The molecule has 3 amide bonds. The Morgan fingerprint density at radius 2 is 1.97 bits per heavy atom. The molecule has 168 valence electrons. The molecule has 1 spiro atoms. The zero-order valence-electron chi connectivity index (χ0n) is 17.5. The van der Waals surface area contributed by atoms with Crippen LogP contribution in [0.25, 0.3) is 10.8 Å². The van der Waals surface area contributed by atoms with Gasteiger partial charge < -0.3 is 20.6 Å². The second-order valence-corrected chi connectivity index (χ2v) is 11.3. The Balaban J connectivity index is 1.51. The normalized spacial score (nSPS) is 32.9. The van der Waals surface area contributed by atoms with Gasteiger partial charge in [0, 0.05) is 29.4 Å². The van der Waals surface area contributed by atoms with Crippen molar-refractivity contribution in [3.8, 4) is 0 Å². The molecule has 3 aliphatic heterocycles. The fraction of sp³-hybridized carbons (Fsp3) is 0.435. The maximum absolute atomic E-state index is 13.6. The summed E-state index contributed by atoms with van der Waals surface area (Å²) in [4.78, 5) is 41.3. The van der Waals surface area contributed by atoms with E-state index in [-0.39, 0.29) is 41.0 Å². The Bertz CT molecular complexity index is 1110. The van der Waals surface area contributed by atoms with E-state index >= 15 is 0 Å². The molecule has 3 saturated heterocycles. The Labute approximate surface area is 198 Å². The van der Waals surface area contributed by atoms with E-state index in [2.05, 4.69) is 26.6 Å². The highest BCUT2D eigenvalue weighted by Crippen LogP contribution is 2.67. The van der Waals surface area contributed by atoms with Crippen LogP contribution in [0.3, 0.4) is 0 Å². The number of amides is 3. The zero-order valence-corrected chi connectivity index (χ0v) is 19.9. The average Bonchev–Trinajstić information content (AvgIpc) is 3.37. The van der Waals surface area contributed by atoms with Crippen molar-refractivity contribution in [2.45, 2.75) is 27.3 Å². The van der Waals surface area contributed by atoms with Crippen LogP contribution in [-0.2, 0) is 14.4 Å². The minimum absolute atomic E-state index is 0.0314. The summed E-state index contributed by atoms with van der Waals surface area (Å²) in [7, 11) is 1.57. The molecule has 9 heteroatoms. The molecular weight excluding hydrogens is 494 g/mol. The number of hydrogen-bond acceptors (Lipinski definition) is 5. The van der Waals surface area contributed by atoms with Crippen LogP contribution in [0.15, 0.2) is 42.5 Å². The highest BCUT2D eigenvalue weighted by Gasteiger charge is 2.75. The van der Waals surface area contributed by atoms with Crippen LogP contribution < -0.4 is 10.6 Å². The first-order chi connectivity index (χ1) is 15.4. The summed E-state index contributed by atoms with van der Waals surface area (Å²) in [6.45, 7) is -0.184. The molecule has 5 rings (SSSR count). The van der Waals surface area contributed by atoms with Crippen LogP contribution >= 0.6 is 27.7 Å². The molecule has 3 N–H and O–H groups in total. The first-order valence-corrected chi connectivity index (χ1v) is 12.5. The zero-order chi connectivity index (χ0) is 22.6. The minimum Gasteiger partial charge on any atom is -0.395 e. The fourth-order valence-corrected chi connectivity index (χ4v) is 9.34. The smallest absolute Gasteiger partial charge is 0.248 e. The Kier molecular flexibility index (Phi) is 5.46. The number of alkyl halides is 1. The third kappa shape index (κ3) is 3.08. The van der Waals surface area contributed by atoms with Gasteiger partial charge in [0.15, 0.2) is 0 Å². The van der Waals surface area contributed by atoms with Gasteiger partial charge in [-0.2, -0.15) is 0 Å². The minimum atomic E-state index is -0.761. The largest absolute Gasteiger partial charge is 0.395 e. The number of anilines is 1. The lowest BCUT2D eigenvalue weighted by atomic mass is 9.70. The van der Waals surface area contributed by atoms with Crippen LogP contribution in [0.5, 0.6) is 0 Å². The van der Waals surface area contributed by atoms with Crippen molar-refractivity contribution >= 4 is 61.9 Å². The van der Waals surface area contributed by atoms with Crippen molar-refractivity contribution in [3.05, 3.63) is 42.5 Å². The standard InChI is InChI=1S/C23H24BrN3O4S/c1-25-20(29)16-17-22(31)27(8-9-28)19(23(17)11-15(24)18(16)32-23)21(30)26-14-7-6-12-4-2-3-5-13(12)10-14/h2-7,10,15-19,28H,8-9,11H2,1H3,(H,25,29)(H,26,30)/t15?,16-,17+,18-,19?,23?/m1/s1. The van der Waals surface area contributed by atoms with E-state index < -0.39 is 22.6 Å². The van der Waals surface area contributed by atoms with Crippen LogP contribution in [-0.4, -0.2) is 68.8 Å². The topological polar surface area (TPSA) is 98.7 Å². The van der Waals surface area contributed by atoms with Gasteiger partial charge in [-0.15, -0.1) is 11.8 Å². The van der Waals surface area contributed by atoms with Gasteiger partial charge in [0.2, 0.25) is 17.7 Å². The molecule has 3 aliphatic rings. The quantitative estimate of drug-likeness (QED) is 0.526. The molecule has 2 aromatic carbocycles. The lowest BCUT2D eigenvalue weighted by Crippen LogP contribution is -2.53. The van der Waals surface area contributed by atoms with E-state index in [1.165, 1.54) is 4.90 Å². The van der Waals surface area contributed by atoms with Gasteiger partial charge >= 0.3 is 0 Å². The van der Waals surface area contributed by atoms with Gasteiger partial charge in [-0.3, -0.25) is 14.4 Å². The van der Waals surface area contributed by atoms with E-state index in [9.17, 15) is 19.5 Å². The lowest BCUT2D eigenvalue weighted by Gasteiger charge is -2.35. The van der Waals surface area contributed by atoms with E-state index in [1.807, 2.05) is 42.5 Å². The summed E-state index contributed by atoms with van der Waals surface area (Å²) < 4.78 is -0.705. The maximum Gasteiger partial charge on any atom is 0.248 e. The number of aliphatic hydroxyl groups is 1. The third-order valence-electron chi connectivity index (χ3n) is 6.94. The molecule has 7 nitrogen and oxygen atoms in total. The van der Waals surface area contributed by atoms with Crippen LogP contribution in [0.4, 0.5) is 5.69 Å². The maximum atomic E-state index is 13.6. The fourth-order valence-electron chi connectivity index (χ4n) is 5.72. The van der Waals surface area contributed by atoms with Gasteiger partial charge in [0.1, 0.15) is 6.04 Å². The molecule has 0 saturated carbocycles. The van der Waals surface area contributed by atoms with E-state index in [0.717, 1.165) is 10.8 Å². The summed E-state index contributed by atoms with van der Waals surface area (Å²) in [5, 5.41) is 17.3. The Morgan fingerprint density at radius 3 is 2.69 bits per heavy atom. The third-order valence-corrected chi connectivity index (χ3v) is 10.2. The number of fused-ring (bicyclic) bond motifs is 2. The molecule has 2 aromatic rings. The number of benzene rings is 2. The molecule has 0 radical (unpaired) electrons. The summed E-state index contributed by atoms with van der Waals surface area (Å²) in [6.07, 6.45) is 0.615. The monoisotopic (exact) mass is 517 g/mol. The van der Waals surface area contributed by atoms with Gasteiger partial charge in [-0.05, 0) is 29.3 Å². The highest BCUT2D eigenvalue weighted by molar-refractivity contribution is 9.09. The summed E-state index contributed by atoms with van der Waals surface area (Å²) in [5.74, 6) is -1.76. The van der Waals surface area contributed by atoms with Crippen LogP contribution in [0.2, 0.25) is 0 Å². The summed E-state index contributed by atoms with van der Waals surface area (Å²) >= 11 is 5.28. The number of thioether (sulfide) groups is 1. The predicted octanol–water partition coefficient (Wildman–Crippen LogP) is 1.98. The van der Waals surface area contributed by atoms with E-state index in [4.69, 9.17) is 0 Å². The highest BCUT2D eigenvalue weighted by atomic mass is 79.9. The number of β-amino-alcohol motifs (C(OH)–C–C–N with tert-alkyl or cyclic N) is 1. The van der Waals surface area contributed by atoms with Crippen molar-refractivity contribution in [2.75, 3.05) is 25.5 Å². The number of nitrogens with zero attached hydrogens (tertiary/aromatic N) is 1. The predicted molar refractivity (Wildman–Crippen MR) is 128 cm³/mol. The van der Waals surface area contributed by atoms with Crippen molar-refractivity contribution < 1.29 is 19.5 Å². The molecule has 3 unspecified atom stereocenters. The Hall–Kier alpha value is -2.10. The van der Waals surface area contributed by atoms with Gasteiger partial charge in [-0.25, -0.2) is 0 Å². The number of carbonyl (C=O) groups excluding carboxylic acids is 3. The first kappa shape index (κ1) is 21.7. The number of likely N-dealkylation sites (tertiary alicyclic amines) is 1. The van der Waals surface area contributed by atoms with Gasteiger partial charge in [-0.1, -0.05) is 46.3 Å². The lowest BCUT2D eigenvalue weighted by molar-refractivity contribution is -0.139.